The molecule has 2 aromatic carbocycles. The second kappa shape index (κ2) is 8.98. The average Bonchev–Trinajstić information content (AvgIpc) is 2.73. The largest absolute Gasteiger partial charge is 0.489 e. The summed E-state index contributed by atoms with van der Waals surface area (Å²) in [4.78, 5) is 12.6. The van der Waals surface area contributed by atoms with Gasteiger partial charge in [-0.05, 0) is 37.1 Å². The fourth-order valence-corrected chi connectivity index (χ4v) is 3.21. The van der Waals surface area contributed by atoms with Crippen molar-refractivity contribution in [1.82, 2.24) is 0 Å². The van der Waals surface area contributed by atoms with Crippen molar-refractivity contribution < 1.29 is 19.0 Å². The summed E-state index contributed by atoms with van der Waals surface area (Å²) in [6, 6.07) is 19.1. The molecule has 29 heavy (non-hydrogen) atoms. The second-order valence-electron chi connectivity index (χ2n) is 6.46. The van der Waals surface area contributed by atoms with E-state index in [2.05, 4.69) is 6.07 Å². The molecule has 0 fully saturated rings. The van der Waals surface area contributed by atoms with Gasteiger partial charge in [0.25, 0.3) is 0 Å². The van der Waals surface area contributed by atoms with Crippen LogP contribution in [0.2, 0.25) is 0 Å². The van der Waals surface area contributed by atoms with Crippen LogP contribution >= 0.6 is 0 Å². The minimum Gasteiger partial charge on any atom is -0.489 e. The van der Waals surface area contributed by atoms with Gasteiger partial charge < -0.3 is 19.9 Å². The number of nitriles is 1. The van der Waals surface area contributed by atoms with E-state index in [-0.39, 0.29) is 23.6 Å². The Labute approximate surface area is 169 Å². The first-order valence-electron chi connectivity index (χ1n) is 9.27. The van der Waals surface area contributed by atoms with Crippen molar-refractivity contribution in [3.05, 3.63) is 88.5 Å². The minimum absolute atomic E-state index is 0.0151. The Morgan fingerprint density at radius 3 is 2.66 bits per heavy atom. The molecule has 1 atom stereocenters. The van der Waals surface area contributed by atoms with Gasteiger partial charge in [0.15, 0.2) is 0 Å². The first-order chi connectivity index (χ1) is 14.0. The van der Waals surface area contributed by atoms with Gasteiger partial charge >= 0.3 is 5.97 Å². The summed E-state index contributed by atoms with van der Waals surface area (Å²) in [6.45, 7) is 3.97. The van der Waals surface area contributed by atoms with E-state index in [0.29, 0.717) is 23.7 Å². The molecule has 6 nitrogen and oxygen atoms in total. The Bertz CT molecular complexity index is 1000. The highest BCUT2D eigenvalue weighted by Crippen LogP contribution is 2.40. The summed E-state index contributed by atoms with van der Waals surface area (Å²) in [6.07, 6.45) is 0. The van der Waals surface area contributed by atoms with Crippen LogP contribution in [0.5, 0.6) is 5.75 Å². The fourth-order valence-electron chi connectivity index (χ4n) is 3.21. The smallest absolute Gasteiger partial charge is 0.338 e. The summed E-state index contributed by atoms with van der Waals surface area (Å²) < 4.78 is 16.5. The molecule has 2 aromatic rings. The summed E-state index contributed by atoms with van der Waals surface area (Å²) in [5, 5.41) is 9.66. The normalized spacial score (nSPS) is 16.1. The highest BCUT2D eigenvalue weighted by molar-refractivity contribution is 5.92. The van der Waals surface area contributed by atoms with Crippen LogP contribution in [-0.4, -0.2) is 12.6 Å². The van der Waals surface area contributed by atoms with E-state index in [1.807, 2.05) is 48.5 Å². The lowest BCUT2D eigenvalue weighted by molar-refractivity contribution is -0.139. The molecule has 148 valence electrons. The molecule has 3 rings (SSSR count). The summed E-state index contributed by atoms with van der Waals surface area (Å²) in [5.41, 5.74) is 8.09. The van der Waals surface area contributed by atoms with Crippen molar-refractivity contribution in [2.45, 2.75) is 26.4 Å². The van der Waals surface area contributed by atoms with Crippen molar-refractivity contribution in [1.29, 1.82) is 5.26 Å². The summed E-state index contributed by atoms with van der Waals surface area (Å²) in [5.74, 6) is -0.298. The van der Waals surface area contributed by atoms with Crippen molar-refractivity contribution >= 4 is 5.97 Å². The third-order valence-corrected chi connectivity index (χ3v) is 4.54. The van der Waals surface area contributed by atoms with Gasteiger partial charge in [0, 0.05) is 0 Å². The Balaban J connectivity index is 1.95. The SMILES string of the molecule is CCOC(=O)C1=C(C)OC(N)=C(C#N)[C@@H]1c1cccc(OCc2ccccc2)c1. The number of esters is 1. The number of nitrogens with zero attached hydrogens (tertiary/aromatic N) is 1. The van der Waals surface area contributed by atoms with Crippen LogP contribution in [0, 0.1) is 11.3 Å². The van der Waals surface area contributed by atoms with Crippen molar-refractivity contribution in [2.75, 3.05) is 6.61 Å². The number of hydrogen-bond donors (Lipinski definition) is 1. The quantitative estimate of drug-likeness (QED) is 0.752. The van der Waals surface area contributed by atoms with E-state index < -0.39 is 11.9 Å². The van der Waals surface area contributed by atoms with Crippen LogP contribution in [0.25, 0.3) is 0 Å². The number of carbonyl (C=O) groups excluding carboxylic acids is 1. The third-order valence-electron chi connectivity index (χ3n) is 4.54. The molecular weight excluding hydrogens is 368 g/mol. The first kappa shape index (κ1) is 20.0. The van der Waals surface area contributed by atoms with Crippen LogP contribution in [0.3, 0.4) is 0 Å². The number of hydrogen-bond acceptors (Lipinski definition) is 6. The topological polar surface area (TPSA) is 94.6 Å². The molecule has 0 saturated carbocycles. The van der Waals surface area contributed by atoms with E-state index in [9.17, 15) is 10.1 Å². The number of ether oxygens (including phenoxy) is 3. The Morgan fingerprint density at radius 2 is 1.97 bits per heavy atom. The van der Waals surface area contributed by atoms with E-state index in [4.69, 9.17) is 19.9 Å². The molecule has 6 heteroatoms. The maximum atomic E-state index is 12.6. The maximum Gasteiger partial charge on any atom is 0.338 e. The van der Waals surface area contributed by atoms with Gasteiger partial charge in [-0.15, -0.1) is 0 Å². The average molecular weight is 390 g/mol. The summed E-state index contributed by atoms with van der Waals surface area (Å²) in [7, 11) is 0. The molecule has 0 saturated heterocycles. The van der Waals surface area contributed by atoms with Crippen LogP contribution in [-0.2, 0) is 20.9 Å². The van der Waals surface area contributed by atoms with Crippen LogP contribution in [0.1, 0.15) is 30.9 Å². The number of nitrogens with two attached hydrogens (primary N) is 1. The number of carbonyl (C=O) groups is 1. The van der Waals surface area contributed by atoms with Crippen molar-refractivity contribution in [3.8, 4) is 11.8 Å². The lowest BCUT2D eigenvalue weighted by Crippen LogP contribution is -2.25. The predicted molar refractivity (Wildman–Crippen MR) is 107 cm³/mol. The monoisotopic (exact) mass is 390 g/mol. The van der Waals surface area contributed by atoms with Gasteiger partial charge in [-0.2, -0.15) is 5.26 Å². The minimum atomic E-state index is -0.687. The Hall–Kier alpha value is -3.72. The zero-order chi connectivity index (χ0) is 20.8. The lowest BCUT2D eigenvalue weighted by atomic mass is 9.83. The van der Waals surface area contributed by atoms with E-state index in [1.165, 1.54) is 0 Å². The molecule has 0 amide bonds. The van der Waals surface area contributed by atoms with Gasteiger partial charge in [0.2, 0.25) is 5.88 Å². The van der Waals surface area contributed by atoms with E-state index in [0.717, 1.165) is 5.56 Å². The molecule has 2 N–H and O–H groups in total. The van der Waals surface area contributed by atoms with Crippen LogP contribution < -0.4 is 10.5 Å². The van der Waals surface area contributed by atoms with Gasteiger partial charge in [0.05, 0.1) is 18.1 Å². The Morgan fingerprint density at radius 1 is 1.21 bits per heavy atom. The molecule has 0 aromatic heterocycles. The lowest BCUT2D eigenvalue weighted by Gasteiger charge is -2.27. The second-order valence-corrected chi connectivity index (χ2v) is 6.46. The molecule has 1 aliphatic heterocycles. The molecule has 0 unspecified atom stereocenters. The number of allylic oxidation sites excluding steroid dienone is 2. The zero-order valence-electron chi connectivity index (χ0n) is 16.3. The molecule has 0 aliphatic carbocycles. The van der Waals surface area contributed by atoms with Crippen molar-refractivity contribution in [3.63, 3.8) is 0 Å². The van der Waals surface area contributed by atoms with Crippen LogP contribution in [0.4, 0.5) is 0 Å². The van der Waals surface area contributed by atoms with Crippen molar-refractivity contribution in [2.24, 2.45) is 5.73 Å². The fraction of sp³-hybridized carbons (Fsp3) is 0.217. The van der Waals surface area contributed by atoms with Gasteiger partial charge in [-0.1, -0.05) is 42.5 Å². The van der Waals surface area contributed by atoms with E-state index >= 15 is 0 Å². The maximum absolute atomic E-state index is 12.6. The van der Waals surface area contributed by atoms with Crippen LogP contribution in [0.15, 0.2) is 77.4 Å². The molecule has 0 spiro atoms. The molecular formula is C23H22N2O4. The standard InChI is InChI=1S/C23H22N2O4/c1-3-27-23(26)20-15(2)29-22(25)19(13-24)21(20)17-10-7-11-18(12-17)28-14-16-8-5-4-6-9-16/h4-12,21H,3,14,25H2,1-2H3/t21-/m0/s1. The molecule has 0 bridgehead atoms. The third kappa shape index (κ3) is 4.41. The van der Waals surface area contributed by atoms with Gasteiger partial charge in [0.1, 0.15) is 29.8 Å². The number of benzene rings is 2. The first-order valence-corrected chi connectivity index (χ1v) is 9.27. The van der Waals surface area contributed by atoms with E-state index in [1.54, 1.807) is 19.9 Å². The highest BCUT2D eigenvalue weighted by atomic mass is 16.5. The number of rotatable bonds is 6. The highest BCUT2D eigenvalue weighted by Gasteiger charge is 2.36. The van der Waals surface area contributed by atoms with Gasteiger partial charge in [-0.25, -0.2) is 4.79 Å². The zero-order valence-corrected chi connectivity index (χ0v) is 16.3. The molecule has 1 heterocycles. The van der Waals surface area contributed by atoms with Gasteiger partial charge in [-0.3, -0.25) is 0 Å². The summed E-state index contributed by atoms with van der Waals surface area (Å²) >= 11 is 0. The predicted octanol–water partition coefficient (Wildman–Crippen LogP) is 3.91. The molecule has 1 aliphatic rings. The Kier molecular flexibility index (Phi) is 6.20. The molecule has 0 radical (unpaired) electrons.